The van der Waals surface area contributed by atoms with Crippen molar-refractivity contribution in [2.24, 2.45) is 0 Å². The number of aryl methyl sites for hydroxylation is 2. The number of benzene rings is 3. The molecule has 0 unspecified atom stereocenters. The van der Waals surface area contributed by atoms with Crippen LogP contribution in [0.25, 0.3) is 27.6 Å². The lowest BCUT2D eigenvalue weighted by atomic mass is 9.87. The second-order valence-corrected chi connectivity index (χ2v) is 9.94. The molecule has 0 nitrogen and oxygen atoms in total. The number of unbranched alkanes of at least 4 members (excludes halogenated alkanes) is 2. The Morgan fingerprint density at radius 3 is 1.77 bits per heavy atom. The number of fused-ring (bicyclic) bond motifs is 2. The Hall–Kier alpha value is -3.38. The van der Waals surface area contributed by atoms with Gasteiger partial charge in [-0.1, -0.05) is 124 Å². The van der Waals surface area contributed by atoms with Gasteiger partial charge in [-0.25, -0.2) is 0 Å². The van der Waals surface area contributed by atoms with Crippen LogP contribution in [0.1, 0.15) is 89.8 Å². The minimum absolute atomic E-state index is 0.913. The summed E-state index contributed by atoms with van der Waals surface area (Å²) in [4.78, 5) is 0. The fraction of sp³-hybridized carbons (Fsp3) is 0.333. The van der Waals surface area contributed by atoms with Gasteiger partial charge >= 0.3 is 0 Å². The summed E-state index contributed by atoms with van der Waals surface area (Å²) in [6.07, 6.45) is 25.4. The van der Waals surface area contributed by atoms with Crippen molar-refractivity contribution < 1.29 is 0 Å². The van der Waals surface area contributed by atoms with Crippen molar-refractivity contribution in [3.8, 4) is 0 Å². The van der Waals surface area contributed by atoms with Crippen LogP contribution in [0, 0.1) is 0 Å². The lowest BCUT2D eigenvalue weighted by Gasteiger charge is -2.17. The summed E-state index contributed by atoms with van der Waals surface area (Å²) in [5, 5.41) is 5.80. The molecule has 0 aromatic heterocycles. The molecular weight excluding hydrogens is 468 g/mol. The number of hydrogen-bond acceptors (Lipinski definition) is 0. The minimum atomic E-state index is 0.913. The largest absolute Gasteiger partial charge is 0.103 e. The average molecular weight is 521 g/mol. The molecule has 3 aromatic rings. The Morgan fingerprint density at radius 1 is 0.744 bits per heavy atom. The molecular formula is C39H52. The lowest BCUT2D eigenvalue weighted by molar-refractivity contribution is 0.797. The van der Waals surface area contributed by atoms with Crippen molar-refractivity contribution in [1.82, 2.24) is 0 Å². The summed E-state index contributed by atoms with van der Waals surface area (Å²) in [5.41, 5.74) is 5.49. The van der Waals surface area contributed by atoms with Gasteiger partial charge in [-0.05, 0) is 104 Å². The van der Waals surface area contributed by atoms with Crippen LogP contribution >= 0.6 is 0 Å². The third-order valence-electron chi connectivity index (χ3n) is 6.50. The topological polar surface area (TPSA) is 0 Å². The molecule has 0 aliphatic heterocycles. The summed E-state index contributed by atoms with van der Waals surface area (Å²) >= 11 is 0. The third kappa shape index (κ3) is 11.9. The van der Waals surface area contributed by atoms with Gasteiger partial charge in [0.25, 0.3) is 0 Å². The van der Waals surface area contributed by atoms with E-state index in [0.29, 0.717) is 0 Å². The normalized spacial score (nSPS) is 11.0. The highest BCUT2D eigenvalue weighted by Crippen LogP contribution is 2.35. The molecule has 0 saturated heterocycles. The second-order valence-electron chi connectivity index (χ2n) is 9.94. The standard InChI is InChI=1S/C29H34.C6H10.C4H8/c1-4-7-10-11-12-15-23-20-21-28-24(16-8-5-2)25-18-13-14-19-26(25)27(17-9-6-3)29(28)22-23;1-4-5-6(2)3;1-3-4-2/h4,10-15,18-22H,1,5-9,16-17H2,2-3H3;4H,1-2,5H2,3H3;3-4H,1-2H3/b11-10+,15-12+;;4-3-. The zero-order chi connectivity index (χ0) is 28.9. The van der Waals surface area contributed by atoms with Gasteiger partial charge in [-0.3, -0.25) is 0 Å². The smallest absolute Gasteiger partial charge is 0.0137 e. The second kappa shape index (κ2) is 20.6. The van der Waals surface area contributed by atoms with E-state index in [1.54, 1.807) is 0 Å². The first-order valence-electron chi connectivity index (χ1n) is 14.7. The molecule has 0 atom stereocenters. The number of allylic oxidation sites excluding steroid dienone is 8. The zero-order valence-corrected chi connectivity index (χ0v) is 25.4. The number of rotatable bonds is 12. The van der Waals surface area contributed by atoms with E-state index in [0.717, 1.165) is 25.7 Å². The van der Waals surface area contributed by atoms with Crippen LogP contribution in [0.3, 0.4) is 0 Å². The Bertz CT molecular complexity index is 1240. The van der Waals surface area contributed by atoms with Crippen molar-refractivity contribution in [3.63, 3.8) is 0 Å². The molecule has 0 fully saturated rings. The molecule has 39 heavy (non-hydrogen) atoms. The summed E-state index contributed by atoms with van der Waals surface area (Å²) < 4.78 is 0. The van der Waals surface area contributed by atoms with Crippen molar-refractivity contribution >= 4 is 27.6 Å². The monoisotopic (exact) mass is 520 g/mol. The summed E-state index contributed by atoms with van der Waals surface area (Å²) in [7, 11) is 0. The van der Waals surface area contributed by atoms with Gasteiger partial charge in [-0.15, -0.1) is 13.2 Å². The minimum Gasteiger partial charge on any atom is -0.103 e. The van der Waals surface area contributed by atoms with E-state index < -0.39 is 0 Å². The molecule has 3 aromatic carbocycles. The molecule has 208 valence electrons. The maximum Gasteiger partial charge on any atom is -0.0137 e. The Balaban J connectivity index is 0.000000651. The van der Waals surface area contributed by atoms with Gasteiger partial charge in [0, 0.05) is 0 Å². The summed E-state index contributed by atoms with van der Waals surface area (Å²) in [5.74, 6) is 0. The van der Waals surface area contributed by atoms with Crippen LogP contribution in [0.15, 0.2) is 110 Å². The van der Waals surface area contributed by atoms with Crippen molar-refractivity contribution in [3.05, 3.63) is 127 Å². The Labute approximate surface area is 240 Å². The highest BCUT2D eigenvalue weighted by Gasteiger charge is 2.13. The quantitative estimate of drug-likeness (QED) is 0.126. The maximum atomic E-state index is 3.76. The third-order valence-corrected chi connectivity index (χ3v) is 6.50. The van der Waals surface area contributed by atoms with Gasteiger partial charge in [0.15, 0.2) is 0 Å². The molecule has 0 aliphatic carbocycles. The fourth-order valence-electron chi connectivity index (χ4n) is 4.39. The molecule has 0 spiro atoms. The highest BCUT2D eigenvalue weighted by atomic mass is 14.2. The first-order chi connectivity index (χ1) is 19.0. The van der Waals surface area contributed by atoms with Crippen molar-refractivity contribution in [1.29, 1.82) is 0 Å². The highest BCUT2D eigenvalue weighted by molar-refractivity contribution is 6.06. The molecule has 0 heteroatoms. The van der Waals surface area contributed by atoms with Gasteiger partial charge in [-0.2, -0.15) is 0 Å². The number of hydrogen-bond donors (Lipinski definition) is 0. The molecule has 0 N–H and O–H groups in total. The van der Waals surface area contributed by atoms with Crippen LogP contribution in [0.5, 0.6) is 0 Å². The first-order valence-corrected chi connectivity index (χ1v) is 14.7. The van der Waals surface area contributed by atoms with E-state index in [1.165, 1.54) is 69.5 Å². The van der Waals surface area contributed by atoms with Crippen molar-refractivity contribution in [2.75, 3.05) is 0 Å². The lowest BCUT2D eigenvalue weighted by Crippen LogP contribution is -1.97. The SMILES string of the molecule is C/C=C\C.C=CC/C=C/C=C/c1ccc2c(CCCC)c3ccccc3c(CCCC)c2c1.C=CCC(=C)C. The van der Waals surface area contributed by atoms with Gasteiger partial charge in [0.05, 0.1) is 0 Å². The van der Waals surface area contributed by atoms with Crippen LogP contribution in [0.4, 0.5) is 0 Å². The van der Waals surface area contributed by atoms with Crippen LogP contribution in [0.2, 0.25) is 0 Å². The molecule has 3 rings (SSSR count). The van der Waals surface area contributed by atoms with Crippen LogP contribution in [-0.4, -0.2) is 0 Å². The molecule has 0 bridgehead atoms. The first kappa shape index (κ1) is 33.6. The summed E-state index contributed by atoms with van der Waals surface area (Å²) in [6.45, 7) is 21.5. The molecule has 0 radical (unpaired) electrons. The maximum absolute atomic E-state index is 3.76. The molecule has 0 saturated carbocycles. The van der Waals surface area contributed by atoms with Crippen LogP contribution in [-0.2, 0) is 12.8 Å². The van der Waals surface area contributed by atoms with E-state index in [9.17, 15) is 0 Å². The van der Waals surface area contributed by atoms with Gasteiger partial charge in [0.2, 0.25) is 0 Å². The van der Waals surface area contributed by atoms with E-state index in [4.69, 9.17) is 0 Å². The summed E-state index contributed by atoms with van der Waals surface area (Å²) in [6, 6.07) is 16.1. The van der Waals surface area contributed by atoms with E-state index in [-0.39, 0.29) is 0 Å². The van der Waals surface area contributed by atoms with Crippen molar-refractivity contribution in [2.45, 2.75) is 86.0 Å². The Morgan fingerprint density at radius 2 is 1.31 bits per heavy atom. The zero-order valence-electron chi connectivity index (χ0n) is 25.4. The molecule has 0 amide bonds. The Kier molecular flexibility index (Phi) is 17.7. The predicted octanol–water partition coefficient (Wildman–Crippen LogP) is 12.5. The van der Waals surface area contributed by atoms with Gasteiger partial charge in [0.1, 0.15) is 0 Å². The van der Waals surface area contributed by atoms with E-state index in [2.05, 4.69) is 100 Å². The molecule has 0 aliphatic rings. The predicted molar refractivity (Wildman–Crippen MR) is 182 cm³/mol. The fourth-order valence-corrected chi connectivity index (χ4v) is 4.39. The van der Waals surface area contributed by atoms with E-state index in [1.807, 2.05) is 45.1 Å². The van der Waals surface area contributed by atoms with Crippen LogP contribution < -0.4 is 0 Å². The molecule has 0 heterocycles. The van der Waals surface area contributed by atoms with E-state index >= 15 is 0 Å². The van der Waals surface area contributed by atoms with Gasteiger partial charge < -0.3 is 0 Å². The average Bonchev–Trinajstić information content (AvgIpc) is 2.95.